The van der Waals surface area contributed by atoms with E-state index in [9.17, 15) is 9.90 Å². The Morgan fingerprint density at radius 3 is 2.36 bits per heavy atom. The second kappa shape index (κ2) is 8.65. The fourth-order valence-corrected chi connectivity index (χ4v) is 4.17. The third-order valence-corrected chi connectivity index (χ3v) is 5.85. The molecule has 1 N–H and O–H groups in total. The van der Waals surface area contributed by atoms with Gasteiger partial charge in [-0.2, -0.15) is 0 Å². The van der Waals surface area contributed by atoms with E-state index in [4.69, 9.17) is 37.4 Å². The molecule has 4 aromatic rings. The molecule has 0 bridgehead atoms. The van der Waals surface area contributed by atoms with Crippen LogP contribution in [0.3, 0.4) is 0 Å². The lowest BCUT2D eigenvalue weighted by molar-refractivity contribution is -0.129. The topological polar surface area (TPSA) is 77.9 Å². The Balaban J connectivity index is 1.70. The first-order valence-electron chi connectivity index (χ1n) is 10.1. The number of ether oxygens (including phenoxy) is 3. The van der Waals surface area contributed by atoms with Crippen LogP contribution in [0.4, 0.5) is 0 Å². The summed E-state index contributed by atoms with van der Waals surface area (Å²) in [7, 11) is 0. The van der Waals surface area contributed by atoms with Crippen LogP contribution < -0.4 is 4.74 Å². The Kier molecular flexibility index (Phi) is 5.68. The van der Waals surface area contributed by atoms with Gasteiger partial charge in [-0.15, -0.1) is 0 Å². The van der Waals surface area contributed by atoms with Crippen molar-refractivity contribution in [2.75, 3.05) is 13.2 Å². The molecule has 1 aromatic heterocycles. The van der Waals surface area contributed by atoms with Crippen LogP contribution in [-0.4, -0.2) is 29.3 Å². The minimum Gasteiger partial charge on any atom is -0.477 e. The minimum atomic E-state index is -1.16. The lowest BCUT2D eigenvalue weighted by Gasteiger charge is -2.29. The Bertz CT molecular complexity index is 1350. The third-order valence-electron chi connectivity index (χ3n) is 5.36. The highest BCUT2D eigenvalue weighted by Crippen LogP contribution is 2.42. The van der Waals surface area contributed by atoms with Gasteiger partial charge in [0, 0.05) is 32.8 Å². The number of rotatable bonds is 5. The normalized spacial score (nSPS) is 15.0. The van der Waals surface area contributed by atoms with E-state index in [1.165, 1.54) is 6.20 Å². The highest BCUT2D eigenvalue weighted by atomic mass is 35.5. The first-order valence-corrected chi connectivity index (χ1v) is 10.9. The van der Waals surface area contributed by atoms with E-state index in [0.29, 0.717) is 45.5 Å². The van der Waals surface area contributed by atoms with Crippen molar-refractivity contribution in [2.24, 2.45) is 0 Å². The molecule has 0 amide bonds. The van der Waals surface area contributed by atoms with Crippen molar-refractivity contribution in [1.29, 1.82) is 0 Å². The van der Waals surface area contributed by atoms with E-state index in [1.807, 2.05) is 18.2 Å². The maximum Gasteiger partial charge on any atom is 0.341 e. The molecule has 166 valence electrons. The molecular formula is C25H17Cl2NO5. The van der Waals surface area contributed by atoms with E-state index >= 15 is 0 Å². The Hall–Kier alpha value is -3.16. The summed E-state index contributed by atoms with van der Waals surface area (Å²) in [4.78, 5) is 16.3. The molecule has 0 radical (unpaired) electrons. The molecule has 0 aliphatic carbocycles. The maximum absolute atomic E-state index is 12.0. The zero-order valence-electron chi connectivity index (χ0n) is 17.1. The van der Waals surface area contributed by atoms with Crippen LogP contribution in [0.15, 0.2) is 72.9 Å². The van der Waals surface area contributed by atoms with Crippen molar-refractivity contribution in [1.82, 2.24) is 4.98 Å². The van der Waals surface area contributed by atoms with Crippen LogP contribution in [0, 0.1) is 0 Å². The summed E-state index contributed by atoms with van der Waals surface area (Å²) >= 11 is 12.2. The molecule has 1 fully saturated rings. The quantitative estimate of drug-likeness (QED) is 0.361. The molecule has 3 aromatic carbocycles. The van der Waals surface area contributed by atoms with Crippen LogP contribution in [0.2, 0.25) is 10.0 Å². The first kappa shape index (κ1) is 21.7. The van der Waals surface area contributed by atoms with Crippen LogP contribution in [0.5, 0.6) is 11.5 Å². The minimum absolute atomic E-state index is 0.0755. The average Bonchev–Trinajstić information content (AvgIpc) is 3.30. The molecule has 2 heterocycles. The third kappa shape index (κ3) is 4.03. The number of carboxylic acids is 1. The fourth-order valence-electron chi connectivity index (χ4n) is 3.87. The van der Waals surface area contributed by atoms with E-state index in [2.05, 4.69) is 4.98 Å². The van der Waals surface area contributed by atoms with Crippen molar-refractivity contribution >= 4 is 40.1 Å². The van der Waals surface area contributed by atoms with Gasteiger partial charge in [-0.25, -0.2) is 4.79 Å². The smallest absolute Gasteiger partial charge is 0.341 e. The van der Waals surface area contributed by atoms with Gasteiger partial charge in [0.2, 0.25) is 5.79 Å². The first-order chi connectivity index (χ1) is 16.0. The van der Waals surface area contributed by atoms with Crippen LogP contribution in [0.25, 0.3) is 10.9 Å². The molecule has 0 spiro atoms. The molecule has 0 saturated carbocycles. The number of hydrogen-bond acceptors (Lipinski definition) is 5. The zero-order valence-corrected chi connectivity index (χ0v) is 18.6. The molecule has 33 heavy (non-hydrogen) atoms. The summed E-state index contributed by atoms with van der Waals surface area (Å²) in [5.41, 5.74) is 1.93. The van der Waals surface area contributed by atoms with Crippen LogP contribution in [0.1, 0.15) is 21.5 Å². The van der Waals surface area contributed by atoms with Crippen molar-refractivity contribution in [2.45, 2.75) is 5.79 Å². The Morgan fingerprint density at radius 2 is 1.67 bits per heavy atom. The van der Waals surface area contributed by atoms with E-state index in [0.717, 1.165) is 5.56 Å². The number of nitrogens with zero attached hydrogens (tertiary/aromatic N) is 1. The molecule has 1 aliphatic rings. The van der Waals surface area contributed by atoms with Gasteiger partial charge in [0.05, 0.1) is 18.7 Å². The number of carboxylic acid groups (broad SMARTS) is 1. The molecule has 8 heteroatoms. The van der Waals surface area contributed by atoms with Crippen molar-refractivity contribution < 1.29 is 24.1 Å². The number of hydrogen-bond donors (Lipinski definition) is 1. The summed E-state index contributed by atoms with van der Waals surface area (Å²) in [5.74, 6) is -1.76. The SMILES string of the molecule is O=C(O)c1cnc2ccc(C3(c4ccc(Cl)cc4)OCCO3)cc2c1Oc1cccc(Cl)c1. The van der Waals surface area contributed by atoms with Crippen molar-refractivity contribution in [3.05, 3.63) is 99.7 Å². The van der Waals surface area contributed by atoms with E-state index in [-0.39, 0.29) is 11.3 Å². The fraction of sp³-hybridized carbons (Fsp3) is 0.120. The molecule has 1 aliphatic heterocycles. The molecule has 0 unspecified atom stereocenters. The number of aromatic nitrogens is 1. The standard InChI is InChI=1S/C25H17Cl2NO5/c26-17-7-4-15(5-8-17)25(31-10-11-32-25)16-6-9-22-20(12-16)23(21(14-28-22)24(29)30)33-19-3-1-2-18(27)13-19/h1-9,12-14H,10-11H2,(H,29,30). The average molecular weight is 482 g/mol. The van der Waals surface area contributed by atoms with Gasteiger partial charge < -0.3 is 19.3 Å². The lowest BCUT2D eigenvalue weighted by Crippen LogP contribution is -2.28. The van der Waals surface area contributed by atoms with Gasteiger partial charge in [-0.1, -0.05) is 47.5 Å². The largest absolute Gasteiger partial charge is 0.477 e. The number of benzene rings is 3. The molecule has 1 saturated heterocycles. The van der Waals surface area contributed by atoms with Crippen LogP contribution in [-0.2, 0) is 15.3 Å². The lowest BCUT2D eigenvalue weighted by atomic mass is 9.95. The van der Waals surface area contributed by atoms with Gasteiger partial charge >= 0.3 is 5.97 Å². The predicted octanol–water partition coefficient (Wildman–Crippen LogP) is 6.28. The zero-order chi connectivity index (χ0) is 23.0. The summed E-state index contributed by atoms with van der Waals surface area (Å²) in [6.45, 7) is 0.805. The van der Waals surface area contributed by atoms with Crippen LogP contribution >= 0.6 is 23.2 Å². The van der Waals surface area contributed by atoms with Gasteiger partial charge in [0.15, 0.2) is 5.75 Å². The number of pyridine rings is 1. The second-order valence-electron chi connectivity index (χ2n) is 7.42. The monoisotopic (exact) mass is 481 g/mol. The second-order valence-corrected chi connectivity index (χ2v) is 8.29. The summed E-state index contributed by atoms with van der Waals surface area (Å²) in [6, 6.07) is 19.4. The molecular weight excluding hydrogens is 465 g/mol. The Labute approximate surface area is 199 Å². The number of halogens is 2. The summed E-state index contributed by atoms with van der Waals surface area (Å²) in [6.07, 6.45) is 1.28. The van der Waals surface area contributed by atoms with E-state index < -0.39 is 11.8 Å². The van der Waals surface area contributed by atoms with Gasteiger partial charge in [0.1, 0.15) is 11.3 Å². The van der Waals surface area contributed by atoms with Crippen molar-refractivity contribution in [3.8, 4) is 11.5 Å². The summed E-state index contributed by atoms with van der Waals surface area (Å²) in [5, 5.41) is 11.4. The molecule has 0 atom stereocenters. The number of fused-ring (bicyclic) bond motifs is 1. The van der Waals surface area contributed by atoms with Gasteiger partial charge in [-0.3, -0.25) is 4.98 Å². The van der Waals surface area contributed by atoms with Crippen molar-refractivity contribution in [3.63, 3.8) is 0 Å². The summed E-state index contributed by atoms with van der Waals surface area (Å²) < 4.78 is 18.2. The highest BCUT2D eigenvalue weighted by molar-refractivity contribution is 6.30. The number of carbonyl (C=O) groups is 1. The maximum atomic E-state index is 12.0. The van der Waals surface area contributed by atoms with Gasteiger partial charge in [-0.05, 0) is 42.5 Å². The predicted molar refractivity (Wildman–Crippen MR) is 124 cm³/mol. The Morgan fingerprint density at radius 1 is 0.939 bits per heavy atom. The highest BCUT2D eigenvalue weighted by Gasteiger charge is 2.41. The molecule has 5 rings (SSSR count). The molecule has 6 nitrogen and oxygen atoms in total. The van der Waals surface area contributed by atoms with Gasteiger partial charge in [0.25, 0.3) is 0 Å². The number of aromatic carboxylic acids is 1. The van der Waals surface area contributed by atoms with E-state index in [1.54, 1.807) is 48.5 Å².